The molecule has 8 heteroatoms. The topological polar surface area (TPSA) is 102 Å². The van der Waals surface area contributed by atoms with E-state index < -0.39 is 4.92 Å². The predicted molar refractivity (Wildman–Crippen MR) is 117 cm³/mol. The number of carbonyl (C=O) groups excluding carboxylic acids is 1. The molecule has 0 fully saturated rings. The van der Waals surface area contributed by atoms with Gasteiger partial charge in [0, 0.05) is 43.3 Å². The van der Waals surface area contributed by atoms with Gasteiger partial charge in [-0.15, -0.1) is 0 Å². The largest absolute Gasteiger partial charge is 0.339 e. The number of nitrogens with zero attached hydrogens (tertiary/aromatic N) is 4. The summed E-state index contributed by atoms with van der Waals surface area (Å²) in [5.74, 6) is 0.590. The number of amides is 1. The molecule has 0 aliphatic rings. The second-order valence-corrected chi connectivity index (χ2v) is 6.99. The van der Waals surface area contributed by atoms with E-state index in [0.29, 0.717) is 31.0 Å². The van der Waals surface area contributed by atoms with Gasteiger partial charge in [-0.05, 0) is 18.1 Å². The zero-order chi connectivity index (χ0) is 22.1. The van der Waals surface area contributed by atoms with Gasteiger partial charge in [-0.3, -0.25) is 14.9 Å². The minimum atomic E-state index is -0.468. The first-order chi connectivity index (χ1) is 15.1. The van der Waals surface area contributed by atoms with Crippen LogP contribution in [0.5, 0.6) is 0 Å². The number of nitro groups is 1. The lowest BCUT2D eigenvalue weighted by molar-refractivity contribution is -0.384. The molecule has 3 aromatic rings. The number of benzene rings is 2. The molecule has 0 unspecified atom stereocenters. The number of rotatable bonds is 10. The molecular weight excluding hydrogens is 396 g/mol. The molecule has 0 aliphatic carbocycles. The normalized spacial score (nSPS) is 11.0. The van der Waals surface area contributed by atoms with Crippen molar-refractivity contribution in [2.24, 2.45) is 0 Å². The first kappa shape index (κ1) is 21.9. The van der Waals surface area contributed by atoms with Gasteiger partial charge in [0.25, 0.3) is 5.69 Å². The Hall–Kier alpha value is -3.81. The molecule has 31 heavy (non-hydrogen) atoms. The Morgan fingerprint density at radius 2 is 1.97 bits per heavy atom. The molecule has 0 bridgehead atoms. The fourth-order valence-electron chi connectivity index (χ4n) is 2.98. The minimum Gasteiger partial charge on any atom is -0.339 e. The average molecular weight is 420 g/mol. The van der Waals surface area contributed by atoms with Crippen LogP contribution in [-0.4, -0.2) is 39.0 Å². The van der Waals surface area contributed by atoms with Crippen molar-refractivity contribution in [2.45, 2.75) is 26.2 Å². The van der Waals surface area contributed by atoms with Crippen LogP contribution in [0.15, 0.2) is 65.2 Å². The van der Waals surface area contributed by atoms with Crippen molar-refractivity contribution < 1.29 is 14.2 Å². The van der Waals surface area contributed by atoms with Crippen molar-refractivity contribution in [1.82, 2.24) is 15.0 Å². The van der Waals surface area contributed by atoms with Gasteiger partial charge in [-0.1, -0.05) is 61.0 Å². The highest BCUT2D eigenvalue weighted by Crippen LogP contribution is 2.21. The van der Waals surface area contributed by atoms with Crippen LogP contribution in [0.1, 0.15) is 31.2 Å². The van der Waals surface area contributed by atoms with E-state index in [9.17, 15) is 14.9 Å². The Morgan fingerprint density at radius 1 is 1.16 bits per heavy atom. The summed E-state index contributed by atoms with van der Waals surface area (Å²) < 4.78 is 5.30. The number of aromatic nitrogens is 2. The summed E-state index contributed by atoms with van der Waals surface area (Å²) in [5, 5.41) is 14.9. The Bertz CT molecular complexity index is 1050. The summed E-state index contributed by atoms with van der Waals surface area (Å²) in [7, 11) is 0. The molecule has 0 N–H and O–H groups in total. The van der Waals surface area contributed by atoms with Gasteiger partial charge in [-0.2, -0.15) is 4.98 Å². The maximum absolute atomic E-state index is 12.7. The van der Waals surface area contributed by atoms with E-state index in [4.69, 9.17) is 4.52 Å². The third-order valence-corrected chi connectivity index (χ3v) is 4.69. The van der Waals surface area contributed by atoms with Gasteiger partial charge >= 0.3 is 0 Å². The van der Waals surface area contributed by atoms with E-state index >= 15 is 0 Å². The van der Waals surface area contributed by atoms with Crippen molar-refractivity contribution >= 4 is 17.7 Å². The molecule has 3 rings (SSSR count). The van der Waals surface area contributed by atoms with Crippen LogP contribution < -0.4 is 0 Å². The van der Waals surface area contributed by atoms with E-state index in [1.807, 2.05) is 30.3 Å². The second-order valence-electron chi connectivity index (χ2n) is 6.99. The first-order valence-electron chi connectivity index (χ1n) is 10.2. The van der Waals surface area contributed by atoms with E-state index in [-0.39, 0.29) is 17.4 Å². The molecular formula is C23H24N4O4. The summed E-state index contributed by atoms with van der Waals surface area (Å²) in [4.78, 5) is 29.3. The number of hydrogen-bond acceptors (Lipinski definition) is 6. The highest BCUT2D eigenvalue weighted by Gasteiger charge is 2.15. The Labute approximate surface area is 180 Å². The average Bonchev–Trinajstić information content (AvgIpc) is 3.27. The van der Waals surface area contributed by atoms with Crippen LogP contribution in [0.3, 0.4) is 0 Å². The summed E-state index contributed by atoms with van der Waals surface area (Å²) in [5.41, 5.74) is 1.43. The Kier molecular flexibility index (Phi) is 7.64. The van der Waals surface area contributed by atoms with Gasteiger partial charge in [0.05, 0.1) is 4.92 Å². The van der Waals surface area contributed by atoms with Crippen molar-refractivity contribution in [3.8, 4) is 11.4 Å². The Morgan fingerprint density at radius 3 is 2.71 bits per heavy atom. The molecule has 0 saturated carbocycles. The monoisotopic (exact) mass is 420 g/mol. The third-order valence-electron chi connectivity index (χ3n) is 4.69. The van der Waals surface area contributed by atoms with Crippen LogP contribution in [-0.2, 0) is 11.2 Å². The molecule has 2 aromatic carbocycles. The number of carbonyl (C=O) groups is 1. The van der Waals surface area contributed by atoms with Crippen molar-refractivity contribution in [3.05, 3.63) is 82.2 Å². The van der Waals surface area contributed by atoms with Gasteiger partial charge in [0.1, 0.15) is 0 Å². The summed E-state index contributed by atoms with van der Waals surface area (Å²) >= 11 is 0. The smallest absolute Gasteiger partial charge is 0.270 e. The van der Waals surface area contributed by atoms with Gasteiger partial charge in [0.15, 0.2) is 0 Å². The van der Waals surface area contributed by atoms with E-state index in [1.54, 1.807) is 29.2 Å². The number of nitro benzene ring substituents is 1. The zero-order valence-electron chi connectivity index (χ0n) is 17.3. The van der Waals surface area contributed by atoms with Gasteiger partial charge in [-0.25, -0.2) is 0 Å². The molecule has 0 aliphatic heterocycles. The fraction of sp³-hybridized carbons (Fsp3) is 0.261. The molecule has 1 amide bonds. The molecule has 8 nitrogen and oxygen atoms in total. The van der Waals surface area contributed by atoms with Crippen LogP contribution >= 0.6 is 0 Å². The summed E-state index contributed by atoms with van der Waals surface area (Å²) in [6.45, 7) is 3.15. The number of unbranched alkanes of at least 4 members (excludes halogenated alkanes) is 1. The molecule has 0 spiro atoms. The van der Waals surface area contributed by atoms with E-state index in [0.717, 1.165) is 18.4 Å². The molecule has 0 atom stereocenters. The second kappa shape index (κ2) is 10.8. The van der Waals surface area contributed by atoms with Crippen LogP contribution in [0, 0.1) is 10.1 Å². The predicted octanol–water partition coefficient (Wildman–Crippen LogP) is 4.53. The lowest BCUT2D eigenvalue weighted by atomic mass is 10.2. The maximum Gasteiger partial charge on any atom is 0.270 e. The Balaban J connectivity index is 1.65. The highest BCUT2D eigenvalue weighted by molar-refractivity contribution is 5.91. The number of non-ortho nitro benzene ring substituents is 1. The molecule has 1 heterocycles. The third kappa shape index (κ3) is 6.33. The molecule has 160 valence electrons. The van der Waals surface area contributed by atoms with Crippen LogP contribution in [0.2, 0.25) is 0 Å². The van der Waals surface area contributed by atoms with Gasteiger partial charge < -0.3 is 9.42 Å². The standard InChI is InChI=1S/C23H24N4O4/c1-2-3-15-26(22(28)13-12-18-8-5-4-6-9-18)16-14-21-24-23(25-31-21)19-10-7-11-20(17-19)27(29)30/h4-13,17H,2-3,14-16H2,1H3. The fourth-order valence-corrected chi connectivity index (χ4v) is 2.98. The molecule has 1 aromatic heterocycles. The van der Waals surface area contributed by atoms with Crippen molar-refractivity contribution in [3.63, 3.8) is 0 Å². The van der Waals surface area contributed by atoms with E-state index in [1.165, 1.54) is 12.1 Å². The number of hydrogen-bond donors (Lipinski definition) is 0. The minimum absolute atomic E-state index is 0.0367. The van der Waals surface area contributed by atoms with E-state index in [2.05, 4.69) is 17.1 Å². The summed E-state index contributed by atoms with van der Waals surface area (Å²) in [6, 6.07) is 15.7. The molecule has 0 saturated heterocycles. The summed E-state index contributed by atoms with van der Waals surface area (Å²) in [6.07, 6.45) is 5.65. The van der Waals surface area contributed by atoms with Crippen LogP contribution in [0.4, 0.5) is 5.69 Å². The highest BCUT2D eigenvalue weighted by atomic mass is 16.6. The van der Waals surface area contributed by atoms with Crippen molar-refractivity contribution in [2.75, 3.05) is 13.1 Å². The molecule has 0 radical (unpaired) electrons. The van der Waals surface area contributed by atoms with Crippen molar-refractivity contribution in [1.29, 1.82) is 0 Å². The lowest BCUT2D eigenvalue weighted by Gasteiger charge is -2.20. The SMILES string of the molecule is CCCCN(CCc1nc(-c2cccc([N+](=O)[O-])c2)no1)C(=O)C=Cc1ccccc1. The van der Waals surface area contributed by atoms with Crippen LogP contribution in [0.25, 0.3) is 17.5 Å². The maximum atomic E-state index is 12.7. The lowest BCUT2D eigenvalue weighted by Crippen LogP contribution is -2.32. The zero-order valence-corrected chi connectivity index (χ0v) is 17.3. The first-order valence-corrected chi connectivity index (χ1v) is 10.2. The quantitative estimate of drug-likeness (QED) is 0.271. The van der Waals surface area contributed by atoms with Gasteiger partial charge in [0.2, 0.25) is 17.6 Å².